The van der Waals surface area contributed by atoms with Crippen molar-refractivity contribution in [1.29, 1.82) is 0 Å². The van der Waals surface area contributed by atoms with Gasteiger partial charge < -0.3 is 0 Å². The highest BCUT2D eigenvalue weighted by Gasteiger charge is 1.91. The molecule has 38 heavy (non-hydrogen) atoms. The Kier molecular flexibility index (Phi) is 32.6. The average molecular weight is 521 g/mol. The van der Waals surface area contributed by atoms with Gasteiger partial charge in [0.25, 0.3) is 0 Å². The summed E-state index contributed by atoms with van der Waals surface area (Å²) in [6.45, 7) is 26.6. The maximum Gasteiger partial charge on any atom is -0.0184 e. The molecule has 0 saturated heterocycles. The Morgan fingerprint density at radius 3 is 0.579 bits per heavy atom. The van der Waals surface area contributed by atoms with Crippen molar-refractivity contribution in [1.82, 2.24) is 0 Å². The van der Waals surface area contributed by atoms with Gasteiger partial charge in [0.1, 0.15) is 0 Å². The van der Waals surface area contributed by atoms with E-state index in [-0.39, 0.29) is 0 Å². The Labute approximate surface area is 240 Å². The molecule has 0 spiro atoms. The molecule has 3 aromatic rings. The van der Waals surface area contributed by atoms with Crippen molar-refractivity contribution in [2.24, 2.45) is 23.7 Å². The fourth-order valence-electron chi connectivity index (χ4n) is 1.65. The van der Waals surface area contributed by atoms with Crippen LogP contribution in [0.4, 0.5) is 0 Å². The number of hydrogen-bond acceptors (Lipinski definition) is 0. The second-order valence-electron chi connectivity index (χ2n) is 11.1. The topological polar surface area (TPSA) is 0 Å². The van der Waals surface area contributed by atoms with Gasteiger partial charge in [-0.1, -0.05) is 206 Å². The van der Waals surface area contributed by atoms with Crippen LogP contribution < -0.4 is 0 Å². The lowest BCUT2D eigenvalue weighted by molar-refractivity contribution is 0.626. The van der Waals surface area contributed by atoms with Crippen LogP contribution in [0.5, 0.6) is 0 Å². The van der Waals surface area contributed by atoms with Gasteiger partial charge in [-0.05, 0) is 34.8 Å². The van der Waals surface area contributed by atoms with Crippen LogP contribution in [-0.4, -0.2) is 0 Å². The Balaban J connectivity index is -0.000000410. The minimum Gasteiger partial charge on any atom is -0.0651 e. The largest absolute Gasteiger partial charge is 0.0651 e. The zero-order valence-corrected chi connectivity index (χ0v) is 27.4. The van der Waals surface area contributed by atoms with E-state index in [4.69, 9.17) is 0 Å². The molecule has 3 rings (SSSR count). The molecule has 0 saturated carbocycles. The van der Waals surface area contributed by atoms with E-state index in [2.05, 4.69) is 132 Å². The van der Waals surface area contributed by atoms with Gasteiger partial charge in [0.15, 0.2) is 0 Å². The third-order valence-electron chi connectivity index (χ3n) is 5.81. The summed E-state index contributed by atoms with van der Waals surface area (Å²) in [5, 5.41) is 0. The standard InChI is InChI=1S/C12H10.C6H6.4C5H12/c1-3-7-11(8-4-1)12-9-5-2-6-10-12;1-2-4-6-5-3-1;4*1-4-5(2)3/h1-10H;1-6H;4*5H,4H2,1-3H3. The second kappa shape index (κ2) is 30.9. The second-order valence-corrected chi connectivity index (χ2v) is 11.1. The highest BCUT2D eigenvalue weighted by molar-refractivity contribution is 5.62. The van der Waals surface area contributed by atoms with Crippen molar-refractivity contribution in [3.8, 4) is 11.1 Å². The van der Waals surface area contributed by atoms with Crippen LogP contribution in [0.25, 0.3) is 11.1 Å². The third-order valence-corrected chi connectivity index (χ3v) is 5.81. The van der Waals surface area contributed by atoms with Crippen molar-refractivity contribution < 1.29 is 0 Å². The van der Waals surface area contributed by atoms with Crippen molar-refractivity contribution in [2.75, 3.05) is 0 Å². The molecule has 0 aliphatic heterocycles. The Bertz CT molecular complexity index is 659. The van der Waals surface area contributed by atoms with Gasteiger partial charge >= 0.3 is 0 Å². The van der Waals surface area contributed by atoms with Gasteiger partial charge in [-0.25, -0.2) is 0 Å². The molecule has 0 radical (unpaired) electrons. The predicted molar refractivity (Wildman–Crippen MR) is 179 cm³/mol. The predicted octanol–water partition coefficient (Wildman–Crippen LogP) is 13.2. The fourth-order valence-corrected chi connectivity index (χ4v) is 1.65. The lowest BCUT2D eigenvalue weighted by Gasteiger charge is -1.98. The SMILES string of the molecule is CCC(C)C.CCC(C)C.CCC(C)C.CCC(C)C.c1ccc(-c2ccccc2)cc1.c1ccccc1. The first kappa shape index (κ1) is 40.2. The number of benzene rings is 3. The molecule has 0 aromatic heterocycles. The first-order valence-electron chi connectivity index (χ1n) is 15.2. The molecule has 3 aromatic carbocycles. The molecule has 0 aliphatic carbocycles. The smallest absolute Gasteiger partial charge is 0.0184 e. The summed E-state index contributed by atoms with van der Waals surface area (Å²) in [7, 11) is 0. The third kappa shape index (κ3) is 35.8. The zero-order chi connectivity index (χ0) is 29.6. The first-order chi connectivity index (χ1) is 18.0. The van der Waals surface area contributed by atoms with E-state index in [1.54, 1.807) is 0 Å². The van der Waals surface area contributed by atoms with E-state index in [1.165, 1.54) is 36.8 Å². The summed E-state index contributed by atoms with van der Waals surface area (Å²) in [6.07, 6.45) is 5.22. The molecule has 0 heterocycles. The van der Waals surface area contributed by atoms with E-state index < -0.39 is 0 Å². The molecule has 216 valence electrons. The van der Waals surface area contributed by atoms with Crippen molar-refractivity contribution in [3.05, 3.63) is 97.1 Å². The minimum absolute atomic E-state index is 0.884. The summed E-state index contributed by atoms with van der Waals surface area (Å²) in [5.74, 6) is 3.54. The van der Waals surface area contributed by atoms with E-state index in [0.29, 0.717) is 0 Å². The van der Waals surface area contributed by atoms with Crippen molar-refractivity contribution >= 4 is 0 Å². The van der Waals surface area contributed by atoms with E-state index in [1.807, 2.05) is 48.5 Å². The summed E-state index contributed by atoms with van der Waals surface area (Å²) in [4.78, 5) is 0. The van der Waals surface area contributed by atoms with Gasteiger partial charge in [0, 0.05) is 0 Å². The molecule has 0 aliphatic rings. The first-order valence-corrected chi connectivity index (χ1v) is 15.2. The highest BCUT2D eigenvalue weighted by Crippen LogP contribution is 2.17. The fraction of sp³-hybridized carbons (Fsp3) is 0.526. The molecule has 0 atom stereocenters. The lowest BCUT2D eigenvalue weighted by Crippen LogP contribution is -1.77. The van der Waals surface area contributed by atoms with Gasteiger partial charge in [-0.2, -0.15) is 0 Å². The minimum atomic E-state index is 0.884. The maximum atomic E-state index is 2.22. The summed E-state index contributed by atoms with van der Waals surface area (Å²) < 4.78 is 0. The zero-order valence-electron chi connectivity index (χ0n) is 27.4. The molecule has 0 unspecified atom stereocenters. The molecule has 0 N–H and O–H groups in total. The number of hydrogen-bond donors (Lipinski definition) is 0. The van der Waals surface area contributed by atoms with Crippen molar-refractivity contribution in [2.45, 2.75) is 109 Å². The summed E-state index contributed by atoms with van der Waals surface area (Å²) in [6, 6.07) is 32.8. The van der Waals surface area contributed by atoms with Crippen LogP contribution in [0.2, 0.25) is 0 Å². The average Bonchev–Trinajstić information content (AvgIpc) is 2.96. The van der Waals surface area contributed by atoms with Crippen LogP contribution in [-0.2, 0) is 0 Å². The van der Waals surface area contributed by atoms with Crippen LogP contribution in [0, 0.1) is 23.7 Å². The Morgan fingerprint density at radius 1 is 0.316 bits per heavy atom. The molecule has 0 amide bonds. The summed E-state index contributed by atoms with van der Waals surface area (Å²) >= 11 is 0. The van der Waals surface area contributed by atoms with Gasteiger partial charge in [-0.3, -0.25) is 0 Å². The lowest BCUT2D eigenvalue weighted by atomic mass is 10.1. The maximum absolute atomic E-state index is 2.22. The van der Waals surface area contributed by atoms with Gasteiger partial charge in [0.05, 0.1) is 0 Å². The molecule has 0 bridgehead atoms. The molecule has 0 fully saturated rings. The van der Waals surface area contributed by atoms with Crippen LogP contribution in [0.1, 0.15) is 109 Å². The molecular formula is C38H64. The van der Waals surface area contributed by atoms with E-state index in [9.17, 15) is 0 Å². The van der Waals surface area contributed by atoms with Crippen LogP contribution in [0.15, 0.2) is 97.1 Å². The number of rotatable bonds is 5. The molecule has 0 nitrogen and oxygen atoms in total. The monoisotopic (exact) mass is 521 g/mol. The van der Waals surface area contributed by atoms with Crippen molar-refractivity contribution in [3.63, 3.8) is 0 Å². The van der Waals surface area contributed by atoms with E-state index in [0.717, 1.165) is 23.7 Å². The molecular weight excluding hydrogens is 456 g/mol. The molecule has 0 heteroatoms. The van der Waals surface area contributed by atoms with Gasteiger partial charge in [0.2, 0.25) is 0 Å². The van der Waals surface area contributed by atoms with E-state index >= 15 is 0 Å². The van der Waals surface area contributed by atoms with Crippen LogP contribution >= 0.6 is 0 Å². The van der Waals surface area contributed by atoms with Crippen LogP contribution in [0.3, 0.4) is 0 Å². The van der Waals surface area contributed by atoms with Gasteiger partial charge in [-0.15, -0.1) is 0 Å². The Hall–Kier alpha value is -2.34. The normalized spacial score (nSPS) is 9.37. The highest BCUT2D eigenvalue weighted by atomic mass is 14.0. The summed E-state index contributed by atoms with van der Waals surface area (Å²) in [5.41, 5.74) is 2.55. The quantitative estimate of drug-likeness (QED) is 0.314. The Morgan fingerprint density at radius 2 is 0.447 bits per heavy atom.